The minimum atomic E-state index is -3.69. The summed E-state index contributed by atoms with van der Waals surface area (Å²) in [6.45, 7) is 1.41. The van der Waals surface area contributed by atoms with Crippen LogP contribution in [-0.4, -0.2) is 56.8 Å². The van der Waals surface area contributed by atoms with Crippen LogP contribution in [0.1, 0.15) is 11.5 Å². The number of hydrogen-bond donors (Lipinski definition) is 1. The molecule has 2 aromatic carbocycles. The van der Waals surface area contributed by atoms with Crippen molar-refractivity contribution in [2.75, 3.05) is 33.2 Å². The van der Waals surface area contributed by atoms with Crippen LogP contribution in [0, 0.1) is 5.92 Å². The molecule has 3 rings (SSSR count). The number of halogens is 1. The van der Waals surface area contributed by atoms with Crippen LogP contribution in [0.25, 0.3) is 0 Å². The highest BCUT2D eigenvalue weighted by Gasteiger charge is 2.36. The van der Waals surface area contributed by atoms with Gasteiger partial charge < -0.3 is 10.6 Å². The van der Waals surface area contributed by atoms with Crippen LogP contribution in [0.3, 0.4) is 0 Å². The molecule has 152 valence electrons. The molecule has 0 unspecified atom stereocenters. The summed E-state index contributed by atoms with van der Waals surface area (Å²) < 4.78 is 26.4. The van der Waals surface area contributed by atoms with Gasteiger partial charge in [-0.15, -0.1) is 12.4 Å². The first-order valence-corrected chi connectivity index (χ1v) is 10.4. The lowest BCUT2D eigenvalue weighted by Gasteiger charge is -2.21. The number of rotatable bonds is 6. The Morgan fingerprint density at radius 3 is 2.21 bits per heavy atom. The summed E-state index contributed by atoms with van der Waals surface area (Å²) >= 11 is 0. The fourth-order valence-corrected chi connectivity index (χ4v) is 4.68. The standard InChI is InChI=1S/C20H25N3O3S.ClH/c1-22(27(25,26)18-10-6-3-7-11-18)15-20(24)23-13-17(12-21)19(14-23)16-8-4-2-5-9-16;/h2-11,17,19H,12-15,21H2,1H3;1H/t17-,19+;/m1./s1. The third kappa shape index (κ3) is 4.72. The van der Waals surface area contributed by atoms with Crippen LogP contribution in [-0.2, 0) is 14.8 Å². The molecule has 1 aliphatic heterocycles. The van der Waals surface area contributed by atoms with Gasteiger partial charge in [-0.1, -0.05) is 48.5 Å². The predicted octanol–water partition coefficient (Wildman–Crippen LogP) is 1.93. The van der Waals surface area contributed by atoms with Gasteiger partial charge in [-0.2, -0.15) is 4.31 Å². The van der Waals surface area contributed by atoms with Crippen molar-refractivity contribution in [3.8, 4) is 0 Å². The maximum absolute atomic E-state index is 12.8. The number of carbonyl (C=O) groups is 1. The molecule has 1 fully saturated rings. The number of sulfonamides is 1. The summed E-state index contributed by atoms with van der Waals surface area (Å²) in [6, 6.07) is 18.2. The molecule has 1 saturated heterocycles. The zero-order valence-corrected chi connectivity index (χ0v) is 17.4. The van der Waals surface area contributed by atoms with Gasteiger partial charge >= 0.3 is 0 Å². The van der Waals surface area contributed by atoms with Gasteiger partial charge in [0.05, 0.1) is 11.4 Å². The van der Waals surface area contributed by atoms with Gasteiger partial charge in [-0.3, -0.25) is 4.79 Å². The molecule has 1 heterocycles. The molecule has 0 aromatic heterocycles. The summed E-state index contributed by atoms with van der Waals surface area (Å²) in [4.78, 5) is 14.7. The molecule has 28 heavy (non-hydrogen) atoms. The molecule has 1 aliphatic rings. The molecule has 2 aromatic rings. The topological polar surface area (TPSA) is 83.7 Å². The third-order valence-electron chi connectivity index (χ3n) is 5.13. The second-order valence-corrected chi connectivity index (χ2v) is 8.93. The fraction of sp³-hybridized carbons (Fsp3) is 0.350. The van der Waals surface area contributed by atoms with E-state index < -0.39 is 10.0 Å². The number of nitrogens with two attached hydrogens (primary N) is 1. The van der Waals surface area contributed by atoms with E-state index in [1.54, 1.807) is 23.1 Å². The second kappa shape index (κ2) is 9.52. The van der Waals surface area contributed by atoms with Crippen molar-refractivity contribution in [3.05, 3.63) is 66.2 Å². The number of likely N-dealkylation sites (N-methyl/N-ethyl adjacent to an activating group) is 1. The van der Waals surface area contributed by atoms with E-state index in [1.165, 1.54) is 19.2 Å². The fourth-order valence-electron chi connectivity index (χ4n) is 3.54. The summed E-state index contributed by atoms with van der Waals surface area (Å²) in [7, 11) is -2.25. The molecular weight excluding hydrogens is 398 g/mol. The van der Waals surface area contributed by atoms with E-state index in [2.05, 4.69) is 0 Å². The summed E-state index contributed by atoms with van der Waals surface area (Å²) in [5, 5.41) is 0. The van der Waals surface area contributed by atoms with Crippen LogP contribution in [0.5, 0.6) is 0 Å². The van der Waals surface area contributed by atoms with Gasteiger partial charge in [0.15, 0.2) is 0 Å². The zero-order chi connectivity index (χ0) is 19.4. The lowest BCUT2D eigenvalue weighted by molar-refractivity contribution is -0.130. The maximum Gasteiger partial charge on any atom is 0.243 e. The van der Waals surface area contributed by atoms with Gasteiger partial charge in [0, 0.05) is 26.1 Å². The minimum absolute atomic E-state index is 0. The van der Waals surface area contributed by atoms with E-state index in [1.807, 2.05) is 30.3 Å². The van der Waals surface area contributed by atoms with Crippen molar-refractivity contribution in [1.29, 1.82) is 0 Å². The van der Waals surface area contributed by atoms with Gasteiger partial charge in [-0.25, -0.2) is 8.42 Å². The molecule has 0 aliphatic carbocycles. The average molecular weight is 424 g/mol. The minimum Gasteiger partial charge on any atom is -0.341 e. The van der Waals surface area contributed by atoms with E-state index in [9.17, 15) is 13.2 Å². The third-order valence-corrected chi connectivity index (χ3v) is 6.95. The lowest BCUT2D eigenvalue weighted by Crippen LogP contribution is -2.40. The van der Waals surface area contributed by atoms with Gasteiger partial charge in [-0.05, 0) is 30.2 Å². The maximum atomic E-state index is 12.8. The van der Waals surface area contributed by atoms with Crippen molar-refractivity contribution in [2.45, 2.75) is 10.8 Å². The Kier molecular flexibility index (Phi) is 7.60. The molecule has 1 amide bonds. The van der Waals surface area contributed by atoms with Gasteiger partial charge in [0.2, 0.25) is 15.9 Å². The first kappa shape index (κ1) is 22.4. The summed E-state index contributed by atoms with van der Waals surface area (Å²) in [6.07, 6.45) is 0. The van der Waals surface area contributed by atoms with Crippen molar-refractivity contribution in [2.24, 2.45) is 11.7 Å². The highest BCUT2D eigenvalue weighted by Crippen LogP contribution is 2.32. The van der Waals surface area contributed by atoms with Crippen LogP contribution in [0.15, 0.2) is 65.6 Å². The number of carbonyl (C=O) groups excluding carboxylic acids is 1. The number of hydrogen-bond acceptors (Lipinski definition) is 4. The number of benzene rings is 2. The first-order valence-electron chi connectivity index (χ1n) is 8.97. The normalized spacial score (nSPS) is 19.5. The van der Waals surface area contributed by atoms with Crippen LogP contribution in [0.2, 0.25) is 0 Å². The zero-order valence-electron chi connectivity index (χ0n) is 15.8. The van der Waals surface area contributed by atoms with Gasteiger partial charge in [0.25, 0.3) is 0 Å². The predicted molar refractivity (Wildman–Crippen MR) is 112 cm³/mol. The molecule has 0 spiro atoms. The Hall–Kier alpha value is -1.93. The number of amides is 1. The van der Waals surface area contributed by atoms with E-state index >= 15 is 0 Å². The Morgan fingerprint density at radius 2 is 1.64 bits per heavy atom. The highest BCUT2D eigenvalue weighted by atomic mass is 35.5. The summed E-state index contributed by atoms with van der Waals surface area (Å²) in [5.41, 5.74) is 7.09. The molecular formula is C20H26ClN3O3S. The number of nitrogens with zero attached hydrogens (tertiary/aromatic N) is 2. The molecule has 2 N–H and O–H groups in total. The Labute approximate surface area is 172 Å². The van der Waals surface area contributed by atoms with Crippen molar-refractivity contribution in [1.82, 2.24) is 9.21 Å². The van der Waals surface area contributed by atoms with Crippen molar-refractivity contribution in [3.63, 3.8) is 0 Å². The van der Waals surface area contributed by atoms with Crippen molar-refractivity contribution >= 4 is 28.3 Å². The molecule has 8 heteroatoms. The van der Waals surface area contributed by atoms with Crippen LogP contribution < -0.4 is 5.73 Å². The van der Waals surface area contributed by atoms with Gasteiger partial charge in [0.1, 0.15) is 0 Å². The Morgan fingerprint density at radius 1 is 1.07 bits per heavy atom. The smallest absolute Gasteiger partial charge is 0.243 e. The van der Waals surface area contributed by atoms with E-state index in [0.717, 1.165) is 9.87 Å². The Bertz CT molecular complexity index is 878. The molecule has 2 atom stereocenters. The number of likely N-dealkylation sites (tertiary alicyclic amines) is 1. The second-order valence-electron chi connectivity index (χ2n) is 6.89. The van der Waals surface area contributed by atoms with E-state index in [0.29, 0.717) is 19.6 Å². The van der Waals surface area contributed by atoms with Crippen LogP contribution in [0.4, 0.5) is 0 Å². The highest BCUT2D eigenvalue weighted by molar-refractivity contribution is 7.89. The molecule has 0 bridgehead atoms. The van der Waals surface area contributed by atoms with E-state index in [4.69, 9.17) is 5.73 Å². The SMILES string of the molecule is CN(CC(=O)N1C[C@@H](CN)[C@H](c2ccccc2)C1)S(=O)(=O)c1ccccc1.Cl. The summed E-state index contributed by atoms with van der Waals surface area (Å²) in [5.74, 6) is 0.150. The van der Waals surface area contributed by atoms with Crippen molar-refractivity contribution < 1.29 is 13.2 Å². The molecule has 0 radical (unpaired) electrons. The van der Waals surface area contributed by atoms with E-state index in [-0.39, 0.29) is 41.6 Å². The largest absolute Gasteiger partial charge is 0.341 e. The lowest BCUT2D eigenvalue weighted by atomic mass is 9.89. The first-order chi connectivity index (χ1) is 12.9. The quantitative estimate of drug-likeness (QED) is 0.769. The molecule has 0 saturated carbocycles. The Balaban J connectivity index is 0.00000280. The monoisotopic (exact) mass is 423 g/mol. The molecule has 6 nitrogen and oxygen atoms in total. The van der Waals surface area contributed by atoms with Crippen LogP contribution >= 0.6 is 12.4 Å². The average Bonchev–Trinajstić information content (AvgIpc) is 3.14.